The van der Waals surface area contributed by atoms with Crippen LogP contribution in [0.25, 0.3) is 0 Å². The number of nitrogens with zero attached hydrogens (tertiary/aromatic N) is 1. The highest BCUT2D eigenvalue weighted by Gasteiger charge is 2.43. The van der Waals surface area contributed by atoms with E-state index in [1.165, 1.54) is 0 Å². The molecule has 7 heteroatoms. The van der Waals surface area contributed by atoms with Crippen molar-refractivity contribution in [2.45, 2.75) is 39.2 Å². The summed E-state index contributed by atoms with van der Waals surface area (Å²) in [6.45, 7) is 4.35. The van der Waals surface area contributed by atoms with Crippen molar-refractivity contribution >= 4 is 33.3 Å². The Hall–Kier alpha value is -2.75. The van der Waals surface area contributed by atoms with Gasteiger partial charge in [-0.1, -0.05) is 53.5 Å². The van der Waals surface area contributed by atoms with Crippen LogP contribution >= 0.6 is 27.5 Å². The predicted molar refractivity (Wildman–Crippen MR) is 126 cm³/mol. The summed E-state index contributed by atoms with van der Waals surface area (Å²) in [5.41, 5.74) is 8.25. The molecule has 0 radical (unpaired) electrons. The van der Waals surface area contributed by atoms with Crippen LogP contribution in [0.4, 0.5) is 0 Å². The first-order valence-corrected chi connectivity index (χ1v) is 11.4. The van der Waals surface area contributed by atoms with Gasteiger partial charge in [-0.15, -0.1) is 0 Å². The van der Waals surface area contributed by atoms with Crippen LogP contribution in [0.1, 0.15) is 43.7 Å². The maximum atomic E-state index is 13.2. The molecule has 0 spiro atoms. The van der Waals surface area contributed by atoms with Crippen LogP contribution in [0.2, 0.25) is 5.02 Å². The van der Waals surface area contributed by atoms with Crippen LogP contribution in [-0.4, -0.2) is 5.78 Å². The van der Waals surface area contributed by atoms with Gasteiger partial charge in [-0.2, -0.15) is 5.26 Å². The molecule has 0 saturated heterocycles. The Morgan fingerprint density at radius 3 is 2.66 bits per heavy atom. The number of rotatable bonds is 4. The highest BCUT2D eigenvalue weighted by molar-refractivity contribution is 9.10. The van der Waals surface area contributed by atoms with Crippen molar-refractivity contribution in [2.24, 2.45) is 11.1 Å². The van der Waals surface area contributed by atoms with E-state index >= 15 is 0 Å². The Kier molecular flexibility index (Phi) is 6.07. The van der Waals surface area contributed by atoms with Gasteiger partial charge < -0.3 is 15.2 Å². The van der Waals surface area contributed by atoms with Gasteiger partial charge in [0.05, 0.1) is 5.92 Å². The number of ketones is 1. The molecule has 0 unspecified atom stereocenters. The van der Waals surface area contributed by atoms with Crippen LogP contribution in [0.15, 0.2) is 69.7 Å². The quantitative estimate of drug-likeness (QED) is 0.531. The summed E-state index contributed by atoms with van der Waals surface area (Å²) in [5.74, 6) is 0.456. The predicted octanol–water partition coefficient (Wildman–Crippen LogP) is 6.13. The van der Waals surface area contributed by atoms with Crippen LogP contribution < -0.4 is 10.5 Å². The lowest BCUT2D eigenvalue weighted by Crippen LogP contribution is -2.33. The molecule has 2 N–H and O–H groups in total. The average molecular weight is 514 g/mol. The zero-order valence-corrected chi connectivity index (χ0v) is 20.1. The highest BCUT2D eigenvalue weighted by Crippen LogP contribution is 2.49. The third-order valence-corrected chi connectivity index (χ3v) is 6.41. The Bertz CT molecular complexity index is 1190. The number of hydrogen-bond acceptors (Lipinski definition) is 5. The largest absolute Gasteiger partial charge is 0.489 e. The van der Waals surface area contributed by atoms with Gasteiger partial charge in [0.25, 0.3) is 0 Å². The highest BCUT2D eigenvalue weighted by atomic mass is 79.9. The van der Waals surface area contributed by atoms with Gasteiger partial charge in [-0.3, -0.25) is 4.79 Å². The molecule has 0 bridgehead atoms. The van der Waals surface area contributed by atoms with Crippen molar-refractivity contribution in [2.75, 3.05) is 0 Å². The van der Waals surface area contributed by atoms with Crippen molar-refractivity contribution in [3.8, 4) is 11.8 Å². The van der Waals surface area contributed by atoms with Crippen molar-refractivity contribution in [3.63, 3.8) is 0 Å². The molecule has 0 fully saturated rings. The molecule has 1 aliphatic carbocycles. The van der Waals surface area contributed by atoms with E-state index < -0.39 is 5.92 Å². The van der Waals surface area contributed by atoms with E-state index in [4.69, 9.17) is 26.8 Å². The van der Waals surface area contributed by atoms with Crippen LogP contribution in [0.5, 0.6) is 5.75 Å². The molecule has 164 valence electrons. The van der Waals surface area contributed by atoms with Gasteiger partial charge in [0.2, 0.25) is 5.88 Å². The topological polar surface area (TPSA) is 85.3 Å². The van der Waals surface area contributed by atoms with E-state index in [0.717, 1.165) is 10.0 Å². The Morgan fingerprint density at radius 1 is 1.25 bits per heavy atom. The van der Waals surface area contributed by atoms with Gasteiger partial charge >= 0.3 is 0 Å². The van der Waals surface area contributed by atoms with E-state index in [1.807, 2.05) is 44.2 Å². The van der Waals surface area contributed by atoms with Crippen molar-refractivity contribution in [1.82, 2.24) is 0 Å². The first-order chi connectivity index (χ1) is 15.2. The minimum atomic E-state index is -0.648. The number of benzene rings is 2. The molecular weight excluding hydrogens is 492 g/mol. The number of nitriles is 1. The van der Waals surface area contributed by atoms with E-state index in [-0.39, 0.29) is 22.7 Å². The maximum Gasteiger partial charge on any atom is 0.205 e. The molecule has 2 aromatic rings. The fourth-order valence-corrected chi connectivity index (χ4v) is 4.72. The molecule has 4 rings (SSSR count). The minimum Gasteiger partial charge on any atom is -0.489 e. The lowest BCUT2D eigenvalue weighted by molar-refractivity contribution is -0.119. The molecule has 5 nitrogen and oxygen atoms in total. The van der Waals surface area contributed by atoms with Gasteiger partial charge in [0, 0.05) is 33.5 Å². The van der Waals surface area contributed by atoms with E-state index in [1.54, 1.807) is 12.1 Å². The Balaban J connectivity index is 1.79. The Labute approximate surface area is 200 Å². The summed E-state index contributed by atoms with van der Waals surface area (Å²) in [4.78, 5) is 13.2. The summed E-state index contributed by atoms with van der Waals surface area (Å²) >= 11 is 9.49. The van der Waals surface area contributed by atoms with Crippen LogP contribution in [0.3, 0.4) is 0 Å². The summed E-state index contributed by atoms with van der Waals surface area (Å²) in [5, 5.41) is 10.6. The second kappa shape index (κ2) is 8.65. The molecular formula is C25H22BrClN2O3. The third kappa shape index (κ3) is 4.41. The molecule has 0 saturated carbocycles. The SMILES string of the molecule is CC1(C)CC(=O)C2=C(C1)OC(N)=C(C#N)[C@@H]2c1cc(Br)ccc1OCc1ccc(Cl)cc1. The number of Topliss-reactive ketones (excluding diaryl/α,β-unsaturated/α-hetero) is 1. The van der Waals surface area contributed by atoms with Crippen molar-refractivity contribution < 1.29 is 14.3 Å². The molecule has 1 atom stereocenters. The number of halogens is 2. The molecule has 1 heterocycles. The zero-order valence-electron chi connectivity index (χ0n) is 17.7. The third-order valence-electron chi connectivity index (χ3n) is 5.67. The molecule has 0 amide bonds. The summed E-state index contributed by atoms with van der Waals surface area (Å²) < 4.78 is 12.7. The van der Waals surface area contributed by atoms with E-state index in [2.05, 4.69) is 22.0 Å². The fourth-order valence-electron chi connectivity index (χ4n) is 4.21. The van der Waals surface area contributed by atoms with Gasteiger partial charge in [-0.05, 0) is 41.3 Å². The summed E-state index contributed by atoms with van der Waals surface area (Å²) in [6.07, 6.45) is 0.943. The lowest BCUT2D eigenvalue weighted by atomic mass is 9.70. The van der Waals surface area contributed by atoms with Gasteiger partial charge in [-0.25, -0.2) is 0 Å². The first kappa shape index (κ1) is 22.4. The van der Waals surface area contributed by atoms with Crippen LogP contribution in [0, 0.1) is 16.7 Å². The van der Waals surface area contributed by atoms with E-state index in [9.17, 15) is 10.1 Å². The normalized spacial score (nSPS) is 19.8. The standard InChI is InChI=1S/C25H22BrClN2O3/c1-25(2)10-19(30)23-21(11-25)32-24(29)18(12-28)22(23)17-9-15(26)5-8-20(17)31-13-14-3-6-16(27)7-4-14/h3-9,22H,10-11,13,29H2,1-2H3/t22-/m0/s1. The number of hydrogen-bond donors (Lipinski definition) is 1. The number of carbonyl (C=O) groups excluding carboxylic acids is 1. The monoisotopic (exact) mass is 512 g/mol. The van der Waals surface area contributed by atoms with Crippen molar-refractivity contribution in [3.05, 3.63) is 85.9 Å². The molecule has 2 aliphatic rings. The smallest absolute Gasteiger partial charge is 0.205 e. The zero-order chi connectivity index (χ0) is 23.0. The summed E-state index contributed by atoms with van der Waals surface area (Å²) in [7, 11) is 0. The number of allylic oxidation sites excluding steroid dienone is 3. The van der Waals surface area contributed by atoms with Gasteiger partial charge in [0.1, 0.15) is 29.8 Å². The Morgan fingerprint density at radius 2 is 1.97 bits per heavy atom. The van der Waals surface area contributed by atoms with E-state index in [0.29, 0.717) is 47.1 Å². The average Bonchev–Trinajstić information content (AvgIpc) is 2.72. The minimum absolute atomic E-state index is 0.0328. The second-order valence-electron chi connectivity index (χ2n) is 8.80. The second-order valence-corrected chi connectivity index (χ2v) is 10.2. The fraction of sp³-hybridized carbons (Fsp3) is 0.280. The first-order valence-electron chi connectivity index (χ1n) is 10.2. The molecule has 32 heavy (non-hydrogen) atoms. The number of nitrogens with two attached hydrogens (primary N) is 1. The molecule has 0 aromatic heterocycles. The van der Waals surface area contributed by atoms with Crippen molar-refractivity contribution in [1.29, 1.82) is 5.26 Å². The maximum absolute atomic E-state index is 13.2. The lowest BCUT2D eigenvalue weighted by Gasteiger charge is -2.37. The number of ether oxygens (including phenoxy) is 2. The molecule has 1 aliphatic heterocycles. The van der Waals surface area contributed by atoms with Gasteiger partial charge in [0.15, 0.2) is 5.78 Å². The molecule has 2 aromatic carbocycles. The number of carbonyl (C=O) groups is 1. The van der Waals surface area contributed by atoms with Crippen LogP contribution in [-0.2, 0) is 16.1 Å². The summed E-state index contributed by atoms with van der Waals surface area (Å²) in [6, 6.07) is 15.1.